The molecule has 0 heterocycles. The normalized spacial score (nSPS) is 15.1. The number of aryl methyl sites for hydroxylation is 3. The lowest BCUT2D eigenvalue weighted by molar-refractivity contribution is 0.683. The van der Waals surface area contributed by atoms with Crippen LogP contribution < -0.4 is 5.32 Å². The Morgan fingerprint density at radius 1 is 1.05 bits per heavy atom. The van der Waals surface area contributed by atoms with Crippen LogP contribution in [0.2, 0.25) is 0 Å². The van der Waals surface area contributed by atoms with Gasteiger partial charge in [-0.2, -0.15) is 0 Å². The van der Waals surface area contributed by atoms with Crippen LogP contribution in [-0.2, 0) is 19.3 Å². The van der Waals surface area contributed by atoms with E-state index in [-0.39, 0.29) is 0 Å². The van der Waals surface area contributed by atoms with Crippen molar-refractivity contribution in [3.63, 3.8) is 0 Å². The van der Waals surface area contributed by atoms with Crippen LogP contribution in [0.15, 0.2) is 42.5 Å². The molecule has 1 atom stereocenters. The summed E-state index contributed by atoms with van der Waals surface area (Å²) in [5.41, 5.74) is 7.35. The fourth-order valence-electron chi connectivity index (χ4n) is 3.41. The van der Waals surface area contributed by atoms with Crippen LogP contribution in [0.25, 0.3) is 0 Å². The highest BCUT2D eigenvalue weighted by molar-refractivity contribution is 5.42. The van der Waals surface area contributed by atoms with Gasteiger partial charge in [-0.1, -0.05) is 49.4 Å². The quantitative estimate of drug-likeness (QED) is 0.879. The van der Waals surface area contributed by atoms with Crippen molar-refractivity contribution in [1.82, 2.24) is 5.32 Å². The first-order chi connectivity index (χ1) is 9.83. The van der Waals surface area contributed by atoms with Gasteiger partial charge in [-0.25, -0.2) is 0 Å². The molecule has 3 rings (SSSR count). The summed E-state index contributed by atoms with van der Waals surface area (Å²) >= 11 is 0. The summed E-state index contributed by atoms with van der Waals surface area (Å²) in [6.07, 6.45) is 4.90. The monoisotopic (exact) mass is 265 g/mol. The molecular formula is C19H23N. The van der Waals surface area contributed by atoms with Gasteiger partial charge in [0.2, 0.25) is 0 Å². The average molecular weight is 265 g/mol. The Morgan fingerprint density at radius 3 is 2.65 bits per heavy atom. The molecular weight excluding hydrogens is 242 g/mol. The lowest BCUT2D eigenvalue weighted by atomic mass is 9.92. The van der Waals surface area contributed by atoms with Crippen molar-refractivity contribution in [2.45, 2.75) is 38.6 Å². The van der Waals surface area contributed by atoms with E-state index in [1.54, 1.807) is 11.1 Å². The third kappa shape index (κ3) is 2.38. The van der Waals surface area contributed by atoms with Gasteiger partial charge in [-0.3, -0.25) is 0 Å². The molecule has 2 aromatic carbocycles. The van der Waals surface area contributed by atoms with E-state index in [4.69, 9.17) is 0 Å². The first kappa shape index (κ1) is 13.4. The number of fused-ring (bicyclic) bond motifs is 1. The Balaban J connectivity index is 2.01. The van der Waals surface area contributed by atoms with Crippen molar-refractivity contribution in [2.24, 2.45) is 0 Å². The molecule has 0 bridgehead atoms. The second-order valence-corrected chi connectivity index (χ2v) is 5.66. The Morgan fingerprint density at radius 2 is 1.85 bits per heavy atom. The molecule has 1 unspecified atom stereocenters. The van der Waals surface area contributed by atoms with Gasteiger partial charge in [-0.05, 0) is 60.5 Å². The molecule has 0 saturated heterocycles. The second-order valence-electron chi connectivity index (χ2n) is 5.66. The van der Waals surface area contributed by atoms with Gasteiger partial charge in [0.15, 0.2) is 0 Å². The minimum absolute atomic E-state index is 0.303. The molecule has 0 amide bonds. The van der Waals surface area contributed by atoms with E-state index in [2.05, 4.69) is 61.8 Å². The van der Waals surface area contributed by atoms with E-state index in [1.165, 1.54) is 36.0 Å². The van der Waals surface area contributed by atoms with Gasteiger partial charge in [0.1, 0.15) is 0 Å². The highest BCUT2D eigenvalue weighted by atomic mass is 14.9. The lowest BCUT2D eigenvalue weighted by Gasteiger charge is -2.21. The number of hydrogen-bond donors (Lipinski definition) is 1. The van der Waals surface area contributed by atoms with E-state index < -0.39 is 0 Å². The zero-order valence-electron chi connectivity index (χ0n) is 12.4. The number of benzene rings is 2. The van der Waals surface area contributed by atoms with Crippen LogP contribution >= 0.6 is 0 Å². The fourth-order valence-corrected chi connectivity index (χ4v) is 3.41. The number of nitrogens with one attached hydrogen (secondary N) is 1. The van der Waals surface area contributed by atoms with Crippen LogP contribution in [0, 0.1) is 0 Å². The van der Waals surface area contributed by atoms with Crippen molar-refractivity contribution in [3.05, 3.63) is 70.3 Å². The molecule has 1 heteroatoms. The lowest BCUT2D eigenvalue weighted by Crippen LogP contribution is -2.19. The van der Waals surface area contributed by atoms with Crippen molar-refractivity contribution in [2.75, 3.05) is 7.05 Å². The highest BCUT2D eigenvalue weighted by Gasteiger charge is 2.18. The largest absolute Gasteiger partial charge is 0.309 e. The molecule has 0 aliphatic heterocycles. The summed E-state index contributed by atoms with van der Waals surface area (Å²) in [6, 6.07) is 16.1. The van der Waals surface area contributed by atoms with E-state index in [0.717, 1.165) is 6.42 Å². The summed E-state index contributed by atoms with van der Waals surface area (Å²) in [6.45, 7) is 2.23. The zero-order valence-corrected chi connectivity index (χ0v) is 12.4. The zero-order chi connectivity index (χ0) is 13.9. The van der Waals surface area contributed by atoms with Crippen LogP contribution in [0.5, 0.6) is 0 Å². The Labute approximate surface area is 122 Å². The minimum atomic E-state index is 0.303. The maximum Gasteiger partial charge on any atom is 0.0577 e. The third-order valence-electron chi connectivity index (χ3n) is 4.49. The first-order valence-corrected chi connectivity index (χ1v) is 7.70. The molecule has 0 saturated carbocycles. The maximum absolute atomic E-state index is 3.50. The molecule has 1 aliphatic carbocycles. The van der Waals surface area contributed by atoms with Crippen molar-refractivity contribution in [1.29, 1.82) is 0 Å². The molecule has 20 heavy (non-hydrogen) atoms. The van der Waals surface area contributed by atoms with Crippen LogP contribution in [0.1, 0.15) is 47.2 Å². The van der Waals surface area contributed by atoms with Gasteiger partial charge in [0.25, 0.3) is 0 Å². The molecule has 0 fully saturated rings. The molecule has 0 radical (unpaired) electrons. The van der Waals surface area contributed by atoms with E-state index in [9.17, 15) is 0 Å². The molecule has 1 nitrogen and oxygen atoms in total. The number of rotatable bonds is 4. The van der Waals surface area contributed by atoms with Gasteiger partial charge in [0.05, 0.1) is 6.04 Å². The van der Waals surface area contributed by atoms with E-state index in [0.29, 0.717) is 6.04 Å². The molecule has 104 valence electrons. The average Bonchev–Trinajstić information content (AvgIpc) is 2.96. The second kappa shape index (κ2) is 5.80. The summed E-state index contributed by atoms with van der Waals surface area (Å²) in [5, 5.41) is 3.50. The SMILES string of the molecule is CCc1ccccc1C(NC)c1ccc2c(c1)CCC2. The first-order valence-electron chi connectivity index (χ1n) is 7.70. The Bertz CT molecular complexity index is 600. The molecule has 1 aliphatic rings. The van der Waals surface area contributed by atoms with Crippen LogP contribution in [0.4, 0.5) is 0 Å². The number of hydrogen-bond acceptors (Lipinski definition) is 1. The minimum Gasteiger partial charge on any atom is -0.309 e. The standard InChI is InChI=1S/C19H23N/c1-3-14-7-4-5-10-18(14)19(20-2)17-12-11-15-8-6-9-16(15)13-17/h4-5,7,10-13,19-20H,3,6,8-9H2,1-2H3. The van der Waals surface area contributed by atoms with Crippen molar-refractivity contribution < 1.29 is 0 Å². The highest BCUT2D eigenvalue weighted by Crippen LogP contribution is 2.29. The Kier molecular flexibility index (Phi) is 3.88. The predicted octanol–water partition coefficient (Wildman–Crippen LogP) is 4.05. The van der Waals surface area contributed by atoms with Gasteiger partial charge >= 0.3 is 0 Å². The summed E-state index contributed by atoms with van der Waals surface area (Å²) in [7, 11) is 2.06. The predicted molar refractivity (Wildman–Crippen MR) is 85.2 cm³/mol. The molecule has 1 N–H and O–H groups in total. The summed E-state index contributed by atoms with van der Waals surface area (Å²) < 4.78 is 0. The van der Waals surface area contributed by atoms with E-state index >= 15 is 0 Å². The third-order valence-corrected chi connectivity index (χ3v) is 4.49. The van der Waals surface area contributed by atoms with Crippen molar-refractivity contribution >= 4 is 0 Å². The van der Waals surface area contributed by atoms with Crippen molar-refractivity contribution in [3.8, 4) is 0 Å². The summed E-state index contributed by atoms with van der Waals surface area (Å²) in [5.74, 6) is 0. The fraction of sp³-hybridized carbons (Fsp3) is 0.368. The van der Waals surface area contributed by atoms with Crippen LogP contribution in [0.3, 0.4) is 0 Å². The molecule has 0 spiro atoms. The topological polar surface area (TPSA) is 12.0 Å². The Hall–Kier alpha value is -1.60. The van der Waals surface area contributed by atoms with Gasteiger partial charge < -0.3 is 5.32 Å². The summed E-state index contributed by atoms with van der Waals surface area (Å²) in [4.78, 5) is 0. The molecule has 0 aromatic heterocycles. The van der Waals surface area contributed by atoms with Crippen LogP contribution in [-0.4, -0.2) is 7.05 Å². The smallest absolute Gasteiger partial charge is 0.0577 e. The van der Waals surface area contributed by atoms with E-state index in [1.807, 2.05) is 0 Å². The maximum atomic E-state index is 3.50. The molecule has 2 aromatic rings. The van der Waals surface area contributed by atoms with Gasteiger partial charge in [-0.15, -0.1) is 0 Å². The van der Waals surface area contributed by atoms with Gasteiger partial charge in [0, 0.05) is 0 Å².